The first-order valence-electron chi connectivity index (χ1n) is 10.3. The zero-order chi connectivity index (χ0) is 23.0. The number of urea groups is 1. The van der Waals surface area contributed by atoms with E-state index in [0.717, 1.165) is 21.6 Å². The fraction of sp³-hybridized carbons (Fsp3) is 0.192. The predicted molar refractivity (Wildman–Crippen MR) is 120 cm³/mol. The Balaban J connectivity index is 1.82. The summed E-state index contributed by atoms with van der Waals surface area (Å²) in [6.45, 7) is 5.70. The van der Waals surface area contributed by atoms with Gasteiger partial charge in [0, 0.05) is 11.1 Å². The summed E-state index contributed by atoms with van der Waals surface area (Å²) < 4.78 is 14.7. The van der Waals surface area contributed by atoms with Crippen LogP contribution in [-0.2, 0) is 4.79 Å². The molecular weight excluding hydrogens is 407 g/mol. The van der Waals surface area contributed by atoms with Crippen molar-refractivity contribution in [1.29, 1.82) is 0 Å². The lowest BCUT2D eigenvalue weighted by Gasteiger charge is -2.37. The molecule has 0 radical (unpaired) electrons. The Hall–Kier alpha value is -3.80. The van der Waals surface area contributed by atoms with Crippen molar-refractivity contribution in [3.63, 3.8) is 0 Å². The van der Waals surface area contributed by atoms with Crippen LogP contribution in [0.1, 0.15) is 38.7 Å². The van der Waals surface area contributed by atoms with Gasteiger partial charge in [-0.2, -0.15) is 0 Å². The Bertz CT molecular complexity index is 1220. The number of carbonyl (C=O) groups is 3. The first-order chi connectivity index (χ1) is 15.3. The summed E-state index contributed by atoms with van der Waals surface area (Å²) in [5, 5.41) is 2.70. The molecule has 162 valence electrons. The van der Waals surface area contributed by atoms with E-state index in [-0.39, 0.29) is 5.56 Å². The summed E-state index contributed by atoms with van der Waals surface area (Å²) in [7, 11) is 0. The number of benzene rings is 3. The van der Waals surface area contributed by atoms with Gasteiger partial charge in [0.1, 0.15) is 11.7 Å². The molecule has 6 heteroatoms. The van der Waals surface area contributed by atoms with Gasteiger partial charge >= 0.3 is 6.03 Å². The molecule has 1 heterocycles. The van der Waals surface area contributed by atoms with E-state index >= 15 is 0 Å². The molecular formula is C26H23FN2O3. The van der Waals surface area contributed by atoms with Crippen molar-refractivity contribution in [2.45, 2.75) is 26.8 Å². The van der Waals surface area contributed by atoms with E-state index < -0.39 is 35.5 Å². The third-order valence-electron chi connectivity index (χ3n) is 5.91. The highest BCUT2D eigenvalue weighted by molar-refractivity contribution is 6.25. The Kier molecular flexibility index (Phi) is 5.61. The van der Waals surface area contributed by atoms with Gasteiger partial charge in [-0.1, -0.05) is 54.1 Å². The summed E-state index contributed by atoms with van der Waals surface area (Å²) in [6, 6.07) is 16.1. The maximum Gasteiger partial charge on any atom is 0.329 e. The quantitative estimate of drug-likeness (QED) is 0.465. The monoisotopic (exact) mass is 430 g/mol. The van der Waals surface area contributed by atoms with Crippen LogP contribution in [0.4, 0.5) is 14.9 Å². The van der Waals surface area contributed by atoms with Crippen LogP contribution < -0.4 is 10.2 Å². The van der Waals surface area contributed by atoms with Crippen molar-refractivity contribution < 1.29 is 18.8 Å². The van der Waals surface area contributed by atoms with E-state index in [0.29, 0.717) is 11.3 Å². The maximum absolute atomic E-state index is 14.7. The van der Waals surface area contributed by atoms with E-state index in [1.165, 1.54) is 18.2 Å². The van der Waals surface area contributed by atoms with Crippen molar-refractivity contribution >= 4 is 23.4 Å². The first kappa shape index (κ1) is 21.4. The molecule has 5 nitrogen and oxygen atoms in total. The summed E-state index contributed by atoms with van der Waals surface area (Å²) >= 11 is 0. The molecule has 1 saturated heterocycles. The molecule has 1 fully saturated rings. The fourth-order valence-electron chi connectivity index (χ4n) is 3.92. The molecule has 0 saturated carbocycles. The Morgan fingerprint density at radius 2 is 1.59 bits per heavy atom. The number of carbonyl (C=O) groups excluding carboxylic acids is 3. The molecule has 3 amide bonds. The maximum atomic E-state index is 14.7. The molecule has 0 bridgehead atoms. The largest absolute Gasteiger partial charge is 0.329 e. The second-order valence-corrected chi connectivity index (χ2v) is 8.10. The SMILES string of the molecule is Cc1ccc(C(=O)[C@H]2C(=O)N(c3ccc(C)c(C)c3)C(=O)N[C@H]2c2ccccc2F)cc1. The number of imide groups is 1. The fourth-order valence-corrected chi connectivity index (χ4v) is 3.92. The van der Waals surface area contributed by atoms with E-state index in [4.69, 9.17) is 0 Å². The summed E-state index contributed by atoms with van der Waals surface area (Å²) in [4.78, 5) is 41.1. The number of hydrogen-bond donors (Lipinski definition) is 1. The average Bonchev–Trinajstić information content (AvgIpc) is 2.76. The van der Waals surface area contributed by atoms with Crippen molar-refractivity contribution in [3.8, 4) is 0 Å². The van der Waals surface area contributed by atoms with Gasteiger partial charge in [0.25, 0.3) is 0 Å². The van der Waals surface area contributed by atoms with Crippen LogP contribution in [0.25, 0.3) is 0 Å². The van der Waals surface area contributed by atoms with Crippen LogP contribution in [-0.4, -0.2) is 17.7 Å². The van der Waals surface area contributed by atoms with E-state index in [1.54, 1.807) is 42.5 Å². The van der Waals surface area contributed by atoms with Crippen LogP contribution in [0.3, 0.4) is 0 Å². The molecule has 1 aliphatic rings. The third kappa shape index (κ3) is 3.80. The lowest BCUT2D eigenvalue weighted by Crippen LogP contribution is -2.58. The molecule has 1 aliphatic heterocycles. The van der Waals surface area contributed by atoms with Crippen LogP contribution in [0, 0.1) is 32.5 Å². The normalized spacial score (nSPS) is 18.4. The number of aryl methyl sites for hydroxylation is 3. The molecule has 32 heavy (non-hydrogen) atoms. The van der Waals surface area contributed by atoms with Crippen molar-refractivity contribution in [3.05, 3.63) is 100 Å². The zero-order valence-corrected chi connectivity index (χ0v) is 18.1. The smallest absolute Gasteiger partial charge is 0.329 e. The molecule has 0 unspecified atom stereocenters. The molecule has 4 rings (SSSR count). The topological polar surface area (TPSA) is 66.5 Å². The minimum atomic E-state index is -1.31. The molecule has 0 aromatic heterocycles. The number of ketones is 1. The number of halogens is 1. The predicted octanol–water partition coefficient (Wildman–Crippen LogP) is 5.05. The van der Waals surface area contributed by atoms with Gasteiger partial charge in [-0.3, -0.25) is 9.59 Å². The standard InChI is InChI=1S/C26H23FN2O3/c1-15-8-11-18(12-9-15)24(30)22-23(20-6-4-5-7-21(20)27)28-26(32)29(25(22)31)19-13-10-16(2)17(3)14-19/h4-14,22-23H,1-3H3,(H,28,32)/t22-,23-/m0/s1. The van der Waals surface area contributed by atoms with Gasteiger partial charge in [0.15, 0.2) is 5.78 Å². The zero-order valence-electron chi connectivity index (χ0n) is 18.1. The average molecular weight is 430 g/mol. The van der Waals surface area contributed by atoms with Gasteiger partial charge in [0.05, 0.1) is 11.7 Å². The molecule has 0 aliphatic carbocycles. The number of rotatable bonds is 4. The Morgan fingerprint density at radius 1 is 0.906 bits per heavy atom. The summed E-state index contributed by atoms with van der Waals surface area (Å²) in [5.41, 5.74) is 3.67. The lowest BCUT2D eigenvalue weighted by molar-refractivity contribution is -0.121. The Morgan fingerprint density at radius 3 is 2.25 bits per heavy atom. The lowest BCUT2D eigenvalue weighted by atomic mass is 9.83. The van der Waals surface area contributed by atoms with E-state index in [9.17, 15) is 18.8 Å². The number of nitrogens with one attached hydrogen (secondary N) is 1. The van der Waals surface area contributed by atoms with Gasteiger partial charge in [-0.25, -0.2) is 14.1 Å². The van der Waals surface area contributed by atoms with Gasteiger partial charge in [-0.05, 0) is 50.1 Å². The molecule has 3 aromatic carbocycles. The highest BCUT2D eigenvalue weighted by atomic mass is 19.1. The molecule has 0 spiro atoms. The number of anilines is 1. The second kappa shape index (κ2) is 8.38. The van der Waals surface area contributed by atoms with Gasteiger partial charge in [0.2, 0.25) is 5.91 Å². The minimum absolute atomic E-state index is 0.0967. The van der Waals surface area contributed by atoms with Gasteiger partial charge < -0.3 is 5.32 Å². The van der Waals surface area contributed by atoms with Crippen molar-refractivity contribution in [2.24, 2.45) is 5.92 Å². The third-order valence-corrected chi connectivity index (χ3v) is 5.91. The Labute approximate surface area is 185 Å². The second-order valence-electron chi connectivity index (χ2n) is 8.10. The molecule has 3 aromatic rings. The van der Waals surface area contributed by atoms with E-state index in [1.807, 2.05) is 26.8 Å². The number of hydrogen-bond acceptors (Lipinski definition) is 3. The highest BCUT2D eigenvalue weighted by Crippen LogP contribution is 2.35. The van der Waals surface area contributed by atoms with Crippen LogP contribution in [0.5, 0.6) is 0 Å². The van der Waals surface area contributed by atoms with E-state index in [2.05, 4.69) is 5.32 Å². The molecule has 2 atom stereocenters. The number of nitrogens with zero attached hydrogens (tertiary/aromatic N) is 1. The number of amides is 3. The minimum Gasteiger partial charge on any atom is -0.329 e. The first-order valence-corrected chi connectivity index (χ1v) is 10.3. The highest BCUT2D eigenvalue weighted by Gasteiger charge is 2.47. The summed E-state index contributed by atoms with van der Waals surface area (Å²) in [5.74, 6) is -3.06. The van der Waals surface area contributed by atoms with Crippen molar-refractivity contribution in [1.82, 2.24) is 5.32 Å². The number of Topliss-reactive ketones (excluding diaryl/α,β-unsaturated/α-hetero) is 1. The van der Waals surface area contributed by atoms with Crippen LogP contribution >= 0.6 is 0 Å². The van der Waals surface area contributed by atoms with Gasteiger partial charge in [-0.15, -0.1) is 0 Å². The van der Waals surface area contributed by atoms with Crippen LogP contribution in [0.15, 0.2) is 66.7 Å². The van der Waals surface area contributed by atoms with Crippen LogP contribution in [0.2, 0.25) is 0 Å². The summed E-state index contributed by atoms with van der Waals surface area (Å²) in [6.07, 6.45) is 0. The molecule has 1 N–H and O–H groups in total. The van der Waals surface area contributed by atoms with Crippen molar-refractivity contribution in [2.75, 3.05) is 4.90 Å².